The van der Waals surface area contributed by atoms with E-state index < -0.39 is 6.09 Å². The highest BCUT2D eigenvalue weighted by Gasteiger charge is 2.40. The third-order valence-corrected chi connectivity index (χ3v) is 6.75. The molecule has 0 aliphatic carbocycles. The van der Waals surface area contributed by atoms with Crippen LogP contribution in [0.2, 0.25) is 0 Å². The number of nitrogens with zero attached hydrogens (tertiary/aromatic N) is 1. The zero-order valence-corrected chi connectivity index (χ0v) is 20.0. The molecule has 36 heavy (non-hydrogen) atoms. The molecule has 4 atom stereocenters. The fraction of sp³-hybridized carbons (Fsp3) is 0.310. The van der Waals surface area contributed by atoms with Crippen LogP contribution in [0, 0.1) is 5.92 Å². The number of aldehydes is 1. The van der Waals surface area contributed by atoms with E-state index >= 15 is 0 Å². The van der Waals surface area contributed by atoms with Gasteiger partial charge in [0.2, 0.25) is 0 Å². The van der Waals surface area contributed by atoms with Crippen LogP contribution in [0.5, 0.6) is 11.5 Å². The third kappa shape index (κ3) is 5.86. The number of benzene rings is 3. The van der Waals surface area contributed by atoms with E-state index in [0.717, 1.165) is 43.5 Å². The lowest BCUT2D eigenvalue weighted by Gasteiger charge is -2.25. The van der Waals surface area contributed by atoms with Crippen LogP contribution in [-0.4, -0.2) is 56.2 Å². The molecule has 0 aromatic heterocycles. The molecule has 7 heteroatoms. The van der Waals surface area contributed by atoms with Gasteiger partial charge in [0, 0.05) is 24.6 Å². The number of piperidine rings is 1. The minimum atomic E-state index is -0.400. The number of rotatable bonds is 10. The van der Waals surface area contributed by atoms with Crippen molar-refractivity contribution < 1.29 is 23.8 Å². The summed E-state index contributed by atoms with van der Waals surface area (Å²) >= 11 is 0. The first-order valence-electron chi connectivity index (χ1n) is 12.3. The van der Waals surface area contributed by atoms with Crippen molar-refractivity contribution in [3.63, 3.8) is 0 Å². The van der Waals surface area contributed by atoms with Crippen molar-refractivity contribution in [2.75, 3.05) is 32.8 Å². The fourth-order valence-corrected chi connectivity index (χ4v) is 4.91. The first kappa shape index (κ1) is 23.9. The molecule has 0 radical (unpaired) electrons. The zero-order valence-electron chi connectivity index (χ0n) is 20.0. The Morgan fingerprint density at radius 2 is 1.67 bits per heavy atom. The Balaban J connectivity index is 1.21. The second-order valence-electron chi connectivity index (χ2n) is 9.20. The van der Waals surface area contributed by atoms with Crippen LogP contribution in [0.15, 0.2) is 78.9 Å². The molecule has 1 N–H and O–H groups in total. The smallest absolute Gasteiger partial charge is 0.408 e. The topological polar surface area (TPSA) is 77.1 Å². The number of hydrogen-bond donors (Lipinski definition) is 1. The van der Waals surface area contributed by atoms with Crippen molar-refractivity contribution in [2.24, 2.45) is 5.92 Å². The van der Waals surface area contributed by atoms with Gasteiger partial charge in [0.15, 0.2) is 0 Å². The highest BCUT2D eigenvalue weighted by Crippen LogP contribution is 2.31. The molecule has 7 nitrogen and oxygen atoms in total. The van der Waals surface area contributed by atoms with Gasteiger partial charge in [-0.1, -0.05) is 42.5 Å². The van der Waals surface area contributed by atoms with E-state index in [-0.39, 0.29) is 12.1 Å². The van der Waals surface area contributed by atoms with Crippen molar-refractivity contribution in [3.05, 3.63) is 95.6 Å². The highest BCUT2D eigenvalue weighted by atomic mass is 16.6. The Morgan fingerprint density at radius 3 is 2.36 bits per heavy atom. The Kier molecular flexibility index (Phi) is 7.47. The molecule has 2 aliphatic heterocycles. The molecular formula is C29H30N2O5. The summed E-state index contributed by atoms with van der Waals surface area (Å²) in [5.74, 6) is 1.80. The van der Waals surface area contributed by atoms with Gasteiger partial charge in [-0.15, -0.1) is 0 Å². The Labute approximate surface area is 211 Å². The average molecular weight is 487 g/mol. The van der Waals surface area contributed by atoms with Gasteiger partial charge in [0.05, 0.1) is 6.04 Å². The third-order valence-electron chi connectivity index (χ3n) is 6.75. The van der Waals surface area contributed by atoms with Gasteiger partial charge < -0.3 is 19.5 Å². The quantitative estimate of drug-likeness (QED) is 0.336. The second-order valence-corrected chi connectivity index (χ2v) is 9.20. The molecule has 2 saturated heterocycles. The lowest BCUT2D eigenvalue weighted by molar-refractivity contribution is 0.0672. The van der Waals surface area contributed by atoms with Crippen LogP contribution in [0.3, 0.4) is 0 Å². The van der Waals surface area contributed by atoms with Gasteiger partial charge in [-0.25, -0.2) is 4.79 Å². The van der Waals surface area contributed by atoms with Crippen molar-refractivity contribution in [3.8, 4) is 11.5 Å². The maximum Gasteiger partial charge on any atom is 0.408 e. The van der Waals surface area contributed by atoms with Crippen molar-refractivity contribution in [2.45, 2.75) is 18.6 Å². The monoisotopic (exact) mass is 486 g/mol. The summed E-state index contributed by atoms with van der Waals surface area (Å²) in [5, 5.41) is 3.08. The lowest BCUT2D eigenvalue weighted by Crippen LogP contribution is -2.37. The van der Waals surface area contributed by atoms with Crippen LogP contribution < -0.4 is 14.8 Å². The molecule has 3 aromatic carbocycles. The average Bonchev–Trinajstić information content (AvgIpc) is 3.54. The Morgan fingerprint density at radius 1 is 0.917 bits per heavy atom. The van der Waals surface area contributed by atoms with E-state index in [1.807, 2.05) is 54.6 Å². The van der Waals surface area contributed by atoms with Crippen LogP contribution in [0.1, 0.15) is 33.9 Å². The summed E-state index contributed by atoms with van der Waals surface area (Å²) in [4.78, 5) is 26.0. The van der Waals surface area contributed by atoms with Crippen molar-refractivity contribution in [1.82, 2.24) is 10.2 Å². The number of amides is 1. The van der Waals surface area contributed by atoms with Gasteiger partial charge >= 0.3 is 6.09 Å². The molecule has 1 amide bonds. The fourth-order valence-electron chi connectivity index (χ4n) is 4.91. The molecule has 3 aromatic rings. The summed E-state index contributed by atoms with van der Waals surface area (Å²) < 4.78 is 17.4. The van der Waals surface area contributed by atoms with Gasteiger partial charge in [-0.05, 0) is 60.5 Å². The number of fused-ring (bicyclic) bond motifs is 2. The highest BCUT2D eigenvalue weighted by molar-refractivity contribution is 5.74. The summed E-state index contributed by atoms with van der Waals surface area (Å²) in [6.45, 7) is 3.65. The summed E-state index contributed by atoms with van der Waals surface area (Å²) in [7, 11) is 0. The van der Waals surface area contributed by atoms with E-state index in [2.05, 4.69) is 10.2 Å². The maximum atomic E-state index is 12.9. The van der Waals surface area contributed by atoms with E-state index in [4.69, 9.17) is 14.2 Å². The second kappa shape index (κ2) is 11.3. The summed E-state index contributed by atoms with van der Waals surface area (Å²) in [5.41, 5.74) is 2.47. The van der Waals surface area contributed by atoms with E-state index in [9.17, 15) is 9.59 Å². The van der Waals surface area contributed by atoms with Gasteiger partial charge in [-0.2, -0.15) is 0 Å². The van der Waals surface area contributed by atoms with E-state index in [1.54, 1.807) is 24.3 Å². The lowest BCUT2D eigenvalue weighted by atomic mass is 9.98. The van der Waals surface area contributed by atoms with E-state index in [0.29, 0.717) is 36.2 Å². The number of nitrogens with one attached hydrogen (secondary N) is 1. The van der Waals surface area contributed by atoms with Crippen molar-refractivity contribution in [1.29, 1.82) is 0 Å². The molecule has 2 unspecified atom stereocenters. The maximum absolute atomic E-state index is 12.9. The van der Waals surface area contributed by atoms with Crippen LogP contribution >= 0.6 is 0 Å². The number of hydrogen-bond acceptors (Lipinski definition) is 6. The Hall–Kier alpha value is -3.84. The number of carbonyl (C=O) groups excluding carboxylic acids is 2. The molecule has 0 spiro atoms. The van der Waals surface area contributed by atoms with Gasteiger partial charge in [0.25, 0.3) is 0 Å². The number of alkyl carbamates (subject to hydrolysis) is 1. The largest absolute Gasteiger partial charge is 0.490 e. The van der Waals surface area contributed by atoms with E-state index in [1.165, 1.54) is 0 Å². The first-order chi connectivity index (χ1) is 17.7. The van der Waals surface area contributed by atoms with Crippen molar-refractivity contribution >= 4 is 12.4 Å². The van der Waals surface area contributed by atoms with Crippen LogP contribution in [0.25, 0.3) is 0 Å². The first-order valence-corrected chi connectivity index (χ1v) is 12.3. The molecule has 186 valence electrons. The SMILES string of the molecule is O=Cc1ccc(OCCOc2cccc([C@@H](NC(=O)O[C@H]3CN4CCC3C4)c3ccccc3)c2)cc1. The molecule has 2 bridgehead atoms. The molecule has 0 saturated carbocycles. The van der Waals surface area contributed by atoms with Crippen LogP contribution in [-0.2, 0) is 4.74 Å². The molecule has 5 rings (SSSR count). The number of ether oxygens (including phenoxy) is 3. The number of carbonyl (C=O) groups is 2. The standard InChI is InChI=1S/C29H30N2O5/c32-20-21-9-11-25(12-10-21)34-15-16-35-26-8-4-7-23(17-26)28(22-5-2-1-3-6-22)30-29(33)36-27-19-31-14-13-24(27)18-31/h1-12,17,20,24,27-28H,13-16,18-19H2,(H,30,33)/t24?,27-,28-/m0/s1. The van der Waals surface area contributed by atoms with Gasteiger partial charge in [-0.3, -0.25) is 9.69 Å². The molecule has 2 fully saturated rings. The molecule has 2 heterocycles. The molecular weight excluding hydrogens is 456 g/mol. The summed E-state index contributed by atoms with van der Waals surface area (Å²) in [6, 6.07) is 24.1. The van der Waals surface area contributed by atoms with Gasteiger partial charge in [0.1, 0.15) is 37.1 Å². The molecule has 2 aliphatic rings. The predicted octanol–water partition coefficient (Wildman–Crippen LogP) is 4.48. The Bertz CT molecular complexity index is 1170. The predicted molar refractivity (Wildman–Crippen MR) is 135 cm³/mol. The summed E-state index contributed by atoms with van der Waals surface area (Å²) in [6.07, 6.45) is 1.45. The minimum absolute atomic E-state index is 0.0421. The van der Waals surface area contributed by atoms with Crippen LogP contribution in [0.4, 0.5) is 4.79 Å². The normalized spacial score (nSPS) is 20.9. The minimum Gasteiger partial charge on any atom is -0.490 e. The zero-order chi connectivity index (χ0) is 24.7.